The number of nitrogens with zero attached hydrogens (tertiary/aromatic N) is 1. The van der Waals surface area contributed by atoms with Crippen molar-refractivity contribution in [1.82, 2.24) is 10.2 Å². The number of carbonyl (C=O) groups excluding carboxylic acids is 1. The molecule has 0 saturated heterocycles. The van der Waals surface area contributed by atoms with Crippen LogP contribution in [0.2, 0.25) is 0 Å². The molecule has 0 heterocycles. The van der Waals surface area contributed by atoms with Gasteiger partial charge in [-0.2, -0.15) is 0 Å². The minimum absolute atomic E-state index is 0.0279. The van der Waals surface area contributed by atoms with Gasteiger partial charge in [0.1, 0.15) is 0 Å². The summed E-state index contributed by atoms with van der Waals surface area (Å²) >= 11 is 0. The number of carboxylic acid groups (broad SMARTS) is 1. The van der Waals surface area contributed by atoms with Crippen LogP contribution in [0.4, 0.5) is 4.79 Å². The zero-order valence-corrected chi connectivity index (χ0v) is 11.1. The molecule has 0 radical (unpaired) electrons. The Morgan fingerprint density at radius 2 is 2.11 bits per heavy atom. The van der Waals surface area contributed by atoms with Crippen molar-refractivity contribution in [2.24, 2.45) is 5.92 Å². The van der Waals surface area contributed by atoms with Crippen LogP contribution in [0.3, 0.4) is 0 Å². The molecule has 0 aliphatic heterocycles. The maximum atomic E-state index is 11.8. The second kappa shape index (κ2) is 6.42. The average Bonchev–Trinajstić information content (AvgIpc) is 2.28. The normalized spacial score (nSPS) is 23.2. The van der Waals surface area contributed by atoms with E-state index in [0.29, 0.717) is 19.4 Å². The highest BCUT2D eigenvalue weighted by Crippen LogP contribution is 2.24. The monoisotopic (exact) mass is 254 g/mol. The molecule has 5 nitrogen and oxygen atoms in total. The van der Waals surface area contributed by atoms with Gasteiger partial charge in [0, 0.05) is 19.6 Å². The van der Waals surface area contributed by atoms with Crippen molar-refractivity contribution in [2.75, 3.05) is 13.6 Å². The fraction of sp³-hybridized carbons (Fsp3) is 0.692. The van der Waals surface area contributed by atoms with Crippen molar-refractivity contribution >= 4 is 12.0 Å². The molecule has 1 aliphatic rings. The summed E-state index contributed by atoms with van der Waals surface area (Å²) in [5.41, 5.74) is 0.916. The standard InChI is InChI=1S/C13H22N2O3/c1-9(2)8-15(3)13(18)14-11-6-4-5-10(7-11)12(16)17/h10-11H,1,4-8H2,2-3H3,(H,14,18)(H,16,17). The molecule has 0 bridgehead atoms. The predicted molar refractivity (Wildman–Crippen MR) is 69.4 cm³/mol. The van der Waals surface area contributed by atoms with Gasteiger partial charge in [-0.3, -0.25) is 4.79 Å². The van der Waals surface area contributed by atoms with E-state index in [1.165, 1.54) is 0 Å². The number of rotatable bonds is 4. The van der Waals surface area contributed by atoms with Crippen molar-refractivity contribution in [2.45, 2.75) is 38.6 Å². The smallest absolute Gasteiger partial charge is 0.317 e. The van der Waals surface area contributed by atoms with Gasteiger partial charge in [0.25, 0.3) is 0 Å². The molecule has 0 aromatic rings. The van der Waals surface area contributed by atoms with E-state index in [4.69, 9.17) is 5.11 Å². The van der Waals surface area contributed by atoms with Crippen molar-refractivity contribution in [3.63, 3.8) is 0 Å². The third-order valence-corrected chi connectivity index (χ3v) is 3.20. The number of carboxylic acids is 1. The number of amides is 2. The minimum atomic E-state index is -0.760. The molecule has 0 aromatic carbocycles. The molecule has 1 aliphatic carbocycles. The topological polar surface area (TPSA) is 69.6 Å². The van der Waals surface area contributed by atoms with Crippen LogP contribution in [0.25, 0.3) is 0 Å². The van der Waals surface area contributed by atoms with Crippen LogP contribution in [-0.2, 0) is 4.79 Å². The number of likely N-dealkylation sites (N-methyl/N-ethyl adjacent to an activating group) is 1. The number of urea groups is 1. The molecule has 0 spiro atoms. The van der Waals surface area contributed by atoms with E-state index in [1.54, 1.807) is 11.9 Å². The van der Waals surface area contributed by atoms with E-state index in [9.17, 15) is 9.59 Å². The van der Waals surface area contributed by atoms with Crippen LogP contribution in [0, 0.1) is 5.92 Å². The van der Waals surface area contributed by atoms with Crippen molar-refractivity contribution in [3.8, 4) is 0 Å². The molecule has 2 amide bonds. The lowest BCUT2D eigenvalue weighted by molar-refractivity contribution is -0.143. The molecule has 0 aromatic heterocycles. The van der Waals surface area contributed by atoms with E-state index in [-0.39, 0.29) is 18.0 Å². The van der Waals surface area contributed by atoms with Gasteiger partial charge in [-0.05, 0) is 26.2 Å². The third kappa shape index (κ3) is 4.39. The van der Waals surface area contributed by atoms with E-state index in [2.05, 4.69) is 11.9 Å². The maximum absolute atomic E-state index is 11.8. The molecule has 2 N–H and O–H groups in total. The largest absolute Gasteiger partial charge is 0.481 e. The summed E-state index contributed by atoms with van der Waals surface area (Å²) in [4.78, 5) is 24.3. The summed E-state index contributed by atoms with van der Waals surface area (Å²) in [6, 6.07) is -0.186. The molecule has 2 atom stereocenters. The van der Waals surface area contributed by atoms with Gasteiger partial charge < -0.3 is 15.3 Å². The minimum Gasteiger partial charge on any atom is -0.481 e. The lowest BCUT2D eigenvalue weighted by atomic mass is 9.86. The summed E-state index contributed by atoms with van der Waals surface area (Å²) in [5, 5.41) is 11.9. The van der Waals surface area contributed by atoms with Crippen LogP contribution < -0.4 is 5.32 Å². The molecule has 1 fully saturated rings. The Kier molecular flexibility index (Phi) is 5.19. The van der Waals surface area contributed by atoms with Crippen molar-refractivity contribution in [1.29, 1.82) is 0 Å². The summed E-state index contributed by atoms with van der Waals surface area (Å²) in [6.45, 7) is 6.14. The van der Waals surface area contributed by atoms with Gasteiger partial charge in [0.2, 0.25) is 0 Å². The summed E-state index contributed by atoms with van der Waals surface area (Å²) in [5.74, 6) is -1.08. The molecule has 1 rings (SSSR count). The quantitative estimate of drug-likeness (QED) is 0.752. The summed E-state index contributed by atoms with van der Waals surface area (Å²) < 4.78 is 0. The highest BCUT2D eigenvalue weighted by Gasteiger charge is 2.28. The molecule has 1 saturated carbocycles. The fourth-order valence-corrected chi connectivity index (χ4v) is 2.31. The van der Waals surface area contributed by atoms with Crippen LogP contribution in [0.15, 0.2) is 12.2 Å². The van der Waals surface area contributed by atoms with Gasteiger partial charge in [-0.1, -0.05) is 18.6 Å². The molecule has 18 heavy (non-hydrogen) atoms. The van der Waals surface area contributed by atoms with Crippen LogP contribution in [0.5, 0.6) is 0 Å². The highest BCUT2D eigenvalue weighted by atomic mass is 16.4. The van der Waals surface area contributed by atoms with Crippen molar-refractivity contribution < 1.29 is 14.7 Å². The van der Waals surface area contributed by atoms with Crippen LogP contribution >= 0.6 is 0 Å². The lowest BCUT2D eigenvalue weighted by Gasteiger charge is -2.29. The van der Waals surface area contributed by atoms with Crippen LogP contribution in [0.1, 0.15) is 32.6 Å². The van der Waals surface area contributed by atoms with Gasteiger partial charge in [-0.15, -0.1) is 0 Å². The number of aliphatic carboxylic acids is 1. The van der Waals surface area contributed by atoms with Gasteiger partial charge in [0.15, 0.2) is 0 Å². The zero-order valence-electron chi connectivity index (χ0n) is 11.1. The van der Waals surface area contributed by atoms with Crippen LogP contribution in [-0.4, -0.2) is 41.6 Å². The Morgan fingerprint density at radius 3 is 2.67 bits per heavy atom. The Balaban J connectivity index is 2.44. The third-order valence-electron chi connectivity index (χ3n) is 3.20. The first-order valence-corrected chi connectivity index (χ1v) is 6.29. The van der Waals surface area contributed by atoms with Gasteiger partial charge >= 0.3 is 12.0 Å². The van der Waals surface area contributed by atoms with Gasteiger partial charge in [-0.25, -0.2) is 4.79 Å². The molecule has 5 heteroatoms. The number of nitrogens with one attached hydrogen (secondary N) is 1. The molecular formula is C13H22N2O3. The summed E-state index contributed by atoms with van der Waals surface area (Å²) in [6.07, 6.45) is 2.95. The first-order valence-electron chi connectivity index (χ1n) is 6.29. The molecule has 102 valence electrons. The fourth-order valence-electron chi connectivity index (χ4n) is 2.31. The Labute approximate surface area is 108 Å². The Bertz CT molecular complexity index is 341. The first-order chi connectivity index (χ1) is 8.40. The second-order valence-corrected chi connectivity index (χ2v) is 5.16. The lowest BCUT2D eigenvalue weighted by Crippen LogP contribution is -2.46. The second-order valence-electron chi connectivity index (χ2n) is 5.16. The van der Waals surface area contributed by atoms with E-state index in [0.717, 1.165) is 18.4 Å². The Hall–Kier alpha value is -1.52. The highest BCUT2D eigenvalue weighted by molar-refractivity contribution is 5.75. The number of carbonyl (C=O) groups is 2. The van der Waals surface area contributed by atoms with E-state index >= 15 is 0 Å². The SMILES string of the molecule is C=C(C)CN(C)C(=O)NC1CCCC(C(=O)O)C1. The van der Waals surface area contributed by atoms with Gasteiger partial charge in [0.05, 0.1) is 5.92 Å². The molecule has 2 unspecified atom stereocenters. The molecular weight excluding hydrogens is 232 g/mol. The predicted octanol–water partition coefficient (Wildman–Crippen LogP) is 1.85. The average molecular weight is 254 g/mol. The number of hydrogen-bond acceptors (Lipinski definition) is 2. The summed E-state index contributed by atoms with van der Waals surface area (Å²) in [7, 11) is 1.71. The zero-order chi connectivity index (χ0) is 13.7. The van der Waals surface area contributed by atoms with E-state index < -0.39 is 5.97 Å². The number of hydrogen-bond donors (Lipinski definition) is 2. The van der Waals surface area contributed by atoms with Crippen molar-refractivity contribution in [3.05, 3.63) is 12.2 Å². The van der Waals surface area contributed by atoms with E-state index in [1.807, 2.05) is 6.92 Å². The maximum Gasteiger partial charge on any atom is 0.317 e. The Morgan fingerprint density at radius 1 is 1.44 bits per heavy atom. The first kappa shape index (κ1) is 14.5.